The quantitative estimate of drug-likeness (QED) is 0.0977. The number of halogens is 3. The molecule has 3 amide bonds. The number of alkyl halides is 3. The molecule has 1 fully saturated rings. The van der Waals surface area contributed by atoms with Crippen LogP contribution in [0, 0.1) is 11.8 Å². The molecule has 2 rings (SSSR count). The maximum atomic E-state index is 11.9. The monoisotopic (exact) mass is 461 g/mol. The zero-order valence-electron chi connectivity index (χ0n) is 14.2. The van der Waals surface area contributed by atoms with Crippen molar-refractivity contribution in [2.75, 3.05) is 13.3 Å². The molecule has 12 heteroatoms. The van der Waals surface area contributed by atoms with Gasteiger partial charge in [-0.3, -0.25) is 14.4 Å². The van der Waals surface area contributed by atoms with Crippen molar-refractivity contribution in [2.45, 2.75) is 22.9 Å². The van der Waals surface area contributed by atoms with E-state index in [0.29, 0.717) is 29.8 Å². The third-order valence-corrected chi connectivity index (χ3v) is 5.45. The van der Waals surface area contributed by atoms with Gasteiger partial charge in [0.1, 0.15) is 5.04 Å². The molecule has 2 aliphatic rings. The Morgan fingerprint density at radius 1 is 1.27 bits per heavy atom. The van der Waals surface area contributed by atoms with E-state index in [0.717, 1.165) is 4.31 Å². The van der Waals surface area contributed by atoms with Gasteiger partial charge in [-0.25, -0.2) is 9.10 Å². The first kappa shape index (κ1) is 23.4. The molecule has 0 aromatic rings. The number of amides is 3. The van der Waals surface area contributed by atoms with Gasteiger partial charge >= 0.3 is 6.09 Å². The molecule has 26 heavy (non-hydrogen) atoms. The van der Waals surface area contributed by atoms with Crippen molar-refractivity contribution in [3.63, 3.8) is 0 Å². The summed E-state index contributed by atoms with van der Waals surface area (Å²) in [5.41, 5.74) is 0. The minimum absolute atomic E-state index is 0.254. The van der Waals surface area contributed by atoms with Crippen LogP contribution in [-0.4, -0.2) is 43.7 Å². The van der Waals surface area contributed by atoms with Gasteiger partial charge in [-0.15, -0.1) is 11.8 Å². The maximum Gasteiger partial charge on any atom is 0.433 e. The number of oxime groups is 1. The van der Waals surface area contributed by atoms with Crippen LogP contribution in [0.15, 0.2) is 17.3 Å². The number of hydrogen-bond donors (Lipinski definition) is 1. The molecule has 2 atom stereocenters. The highest BCUT2D eigenvalue weighted by Gasteiger charge is 2.49. The Hall–Kier alpha value is -0.610. The molecular weight excluding hydrogens is 445 g/mol. The van der Waals surface area contributed by atoms with Crippen LogP contribution in [0.3, 0.4) is 0 Å². The number of nitrogens with zero attached hydrogens (tertiary/aromatic N) is 2. The smallest absolute Gasteiger partial charge is 0.323 e. The largest absolute Gasteiger partial charge is 0.433 e. The molecule has 1 aliphatic carbocycles. The van der Waals surface area contributed by atoms with E-state index in [1.165, 1.54) is 18.8 Å². The second kappa shape index (κ2) is 10.7. The first-order valence-electron chi connectivity index (χ1n) is 7.36. The van der Waals surface area contributed by atoms with Crippen LogP contribution in [-0.2, 0) is 14.4 Å². The molecule has 1 heterocycles. The van der Waals surface area contributed by atoms with E-state index >= 15 is 0 Å². The molecule has 1 aliphatic heterocycles. The van der Waals surface area contributed by atoms with Crippen LogP contribution in [0.4, 0.5) is 4.79 Å². The fourth-order valence-electron chi connectivity index (χ4n) is 2.15. The van der Waals surface area contributed by atoms with Crippen molar-refractivity contribution in [1.82, 2.24) is 9.62 Å². The van der Waals surface area contributed by atoms with E-state index in [2.05, 4.69) is 15.3 Å². The fourth-order valence-corrected chi connectivity index (χ4v) is 3.54. The highest BCUT2D eigenvalue weighted by atomic mass is 35.6. The molecule has 146 valence electrons. The third-order valence-electron chi connectivity index (χ3n) is 3.42. The second-order valence-corrected chi connectivity index (χ2v) is 10.2. The van der Waals surface area contributed by atoms with Crippen LogP contribution < -0.4 is 5.32 Å². The zero-order chi connectivity index (χ0) is 19.9. The molecule has 1 N–H and O–H groups in total. The van der Waals surface area contributed by atoms with Crippen molar-refractivity contribution in [2.24, 2.45) is 17.0 Å². The number of nitrogens with one attached hydrogen (secondary N) is 1. The molecule has 0 saturated carbocycles. The third kappa shape index (κ3) is 7.19. The summed E-state index contributed by atoms with van der Waals surface area (Å²) in [6.45, 7) is 1.76. The van der Waals surface area contributed by atoms with E-state index in [1.54, 1.807) is 6.92 Å². The highest BCUT2D eigenvalue weighted by molar-refractivity contribution is 8.13. The van der Waals surface area contributed by atoms with Crippen LogP contribution in [0.25, 0.3) is 0 Å². The van der Waals surface area contributed by atoms with Crippen LogP contribution in [0.5, 0.6) is 0 Å². The first-order valence-corrected chi connectivity index (χ1v) is 10.5. The lowest BCUT2D eigenvalue weighted by Gasteiger charge is -2.17. The highest BCUT2D eigenvalue weighted by Crippen LogP contribution is 2.46. The van der Waals surface area contributed by atoms with Gasteiger partial charge in [0.15, 0.2) is 0 Å². The fraction of sp³-hybridized carbons (Fsp3) is 0.571. The number of thioether (sulfide) groups is 1. The Balaban J connectivity index is 0.000000294. The van der Waals surface area contributed by atoms with Crippen LogP contribution in [0.2, 0.25) is 0 Å². The Labute approximate surface area is 175 Å². The molecule has 0 aromatic heterocycles. The Bertz CT molecular complexity index is 585. The zero-order valence-corrected chi connectivity index (χ0v) is 18.1. The van der Waals surface area contributed by atoms with Gasteiger partial charge in [-0.2, -0.15) is 0 Å². The second-order valence-electron chi connectivity index (χ2n) is 5.11. The maximum absolute atomic E-state index is 11.9. The van der Waals surface area contributed by atoms with Gasteiger partial charge in [0, 0.05) is 19.0 Å². The lowest BCUT2D eigenvalue weighted by molar-refractivity contribution is -0.133. The average molecular weight is 463 g/mol. The first-order chi connectivity index (χ1) is 12.1. The Morgan fingerprint density at radius 2 is 1.77 bits per heavy atom. The summed E-state index contributed by atoms with van der Waals surface area (Å²) in [7, 11) is 1.48. The van der Waals surface area contributed by atoms with Crippen molar-refractivity contribution in [3.8, 4) is 0 Å². The molecule has 0 radical (unpaired) electrons. The average Bonchev–Trinajstić information content (AvgIpc) is 2.84. The predicted octanol–water partition coefficient (Wildman–Crippen LogP) is 3.95. The number of fused-ring (bicyclic) bond motifs is 1. The summed E-state index contributed by atoms with van der Waals surface area (Å²) < 4.78 is -0.693. The van der Waals surface area contributed by atoms with Crippen molar-refractivity contribution in [1.29, 1.82) is 0 Å². The lowest BCUT2D eigenvalue weighted by atomic mass is 9.85. The standard InChI is InChI=1S/C9H8Cl3NO2S.C5H10N2O2S/c10-9(11,12)16-13-7(14)5-3-1-2-4-6(5)8(13)15;1-4(10-3)7-9-5(8)6-2/h1-2,5-6H,3-4H2;1-3H3,(H,6,8)/b;7-4+. The van der Waals surface area contributed by atoms with Crippen molar-refractivity contribution < 1.29 is 19.2 Å². The van der Waals surface area contributed by atoms with Crippen molar-refractivity contribution in [3.05, 3.63) is 12.2 Å². The van der Waals surface area contributed by atoms with E-state index in [-0.39, 0.29) is 23.7 Å². The summed E-state index contributed by atoms with van der Waals surface area (Å²) in [6, 6.07) is 0. The van der Waals surface area contributed by atoms with Crippen LogP contribution >= 0.6 is 58.5 Å². The summed E-state index contributed by atoms with van der Waals surface area (Å²) in [5.74, 6) is -1.07. The number of carbonyl (C=O) groups excluding carboxylic acids is 3. The SMILES string of the molecule is CNC(=O)O/N=C(\C)SC.O=C1C2CC=CCC2C(=O)N1SC(Cl)(Cl)Cl. The molecule has 0 aromatic carbocycles. The normalized spacial score (nSPS) is 22.5. The Morgan fingerprint density at radius 3 is 2.15 bits per heavy atom. The Kier molecular flexibility index (Phi) is 9.60. The number of rotatable bonds is 2. The van der Waals surface area contributed by atoms with Crippen LogP contribution in [0.1, 0.15) is 19.8 Å². The van der Waals surface area contributed by atoms with Gasteiger partial charge in [-0.1, -0.05) is 52.1 Å². The molecular formula is C14H18Cl3N3O4S2. The number of hydrogen-bond acceptors (Lipinski definition) is 7. The van der Waals surface area contributed by atoms with Gasteiger partial charge in [-0.05, 0) is 26.0 Å². The summed E-state index contributed by atoms with van der Waals surface area (Å²) in [5, 5.41) is 6.46. The molecule has 0 bridgehead atoms. The van der Waals surface area contributed by atoms with Gasteiger partial charge in [0.2, 0.25) is 11.8 Å². The van der Waals surface area contributed by atoms with Crippen molar-refractivity contribution >= 4 is 81.5 Å². The minimum atomic E-state index is -1.69. The van der Waals surface area contributed by atoms with Gasteiger partial charge in [0.05, 0.1) is 11.8 Å². The number of allylic oxidation sites excluding steroid dienone is 2. The van der Waals surface area contributed by atoms with E-state index < -0.39 is 9.22 Å². The van der Waals surface area contributed by atoms with E-state index in [1.807, 2.05) is 18.4 Å². The van der Waals surface area contributed by atoms with Gasteiger partial charge < -0.3 is 5.32 Å². The number of carbonyl (C=O) groups is 3. The summed E-state index contributed by atoms with van der Waals surface area (Å²) in [6.07, 6.45) is 6.31. The molecule has 2 unspecified atom stereocenters. The summed E-state index contributed by atoms with van der Waals surface area (Å²) in [4.78, 5) is 38.5. The number of imide groups is 1. The van der Waals surface area contributed by atoms with E-state index in [4.69, 9.17) is 34.8 Å². The minimum Gasteiger partial charge on any atom is -0.323 e. The lowest BCUT2D eigenvalue weighted by Crippen LogP contribution is -2.26. The van der Waals surface area contributed by atoms with Gasteiger partial charge in [0.25, 0.3) is 3.12 Å². The topological polar surface area (TPSA) is 88.1 Å². The van der Waals surface area contributed by atoms with E-state index in [9.17, 15) is 14.4 Å². The summed E-state index contributed by atoms with van der Waals surface area (Å²) >= 11 is 18.8. The predicted molar refractivity (Wildman–Crippen MR) is 107 cm³/mol. The molecule has 0 spiro atoms. The molecule has 1 saturated heterocycles. The molecule has 7 nitrogen and oxygen atoms in total.